The second-order valence-corrected chi connectivity index (χ2v) is 30.5. The van der Waals surface area contributed by atoms with Crippen molar-refractivity contribution in [1.29, 1.82) is 0 Å². The number of benzene rings is 2. The molecule has 654 valence electrons. The van der Waals surface area contributed by atoms with Crippen LogP contribution in [0.5, 0.6) is 5.75 Å². The van der Waals surface area contributed by atoms with Crippen molar-refractivity contribution >= 4 is 129 Å². The summed E-state index contributed by atoms with van der Waals surface area (Å²) in [5, 5.41) is 68.9. The number of phenolic OH excluding ortho intramolecular Hbond substituents is 1. The topological polar surface area (TPSA) is 682 Å². The van der Waals surface area contributed by atoms with Crippen LogP contribution in [0.2, 0.25) is 0 Å². The molecule has 2 heterocycles. The van der Waals surface area contributed by atoms with Crippen LogP contribution in [0.3, 0.4) is 0 Å². The molecule has 1 aliphatic rings. The molecule has 16 amide bonds. The number of hydrogen-bond acceptors (Lipinski definition) is 23. The van der Waals surface area contributed by atoms with Crippen LogP contribution in [-0.4, -0.2) is 253 Å². The first-order valence-corrected chi connectivity index (χ1v) is 40.0. The lowest BCUT2D eigenvalue weighted by molar-refractivity contribution is -0.144. The minimum atomic E-state index is -1.73. The molecule has 1 fully saturated rings. The van der Waals surface area contributed by atoms with Crippen LogP contribution in [0.25, 0.3) is 10.9 Å². The maximum Gasteiger partial charge on any atom is 0.303 e. The summed E-state index contributed by atoms with van der Waals surface area (Å²) in [4.78, 5) is 243. The molecule has 1 saturated heterocycles. The lowest BCUT2D eigenvalue weighted by Crippen LogP contribution is -2.61. The number of nitrogens with one attached hydrogen (secondary N) is 13. The van der Waals surface area contributed by atoms with Crippen molar-refractivity contribution in [2.75, 3.05) is 31.6 Å². The summed E-state index contributed by atoms with van der Waals surface area (Å²) in [5.74, 6) is -17.0. The average Bonchev–Trinajstić information content (AvgIpc) is 1.66. The number of rotatable bonds is 50. The highest BCUT2D eigenvalue weighted by Gasteiger charge is 2.43. The molecule has 0 bridgehead atoms. The monoisotopic (exact) mass is 1680 g/mol. The van der Waals surface area contributed by atoms with Gasteiger partial charge in [0.05, 0.1) is 25.1 Å². The van der Waals surface area contributed by atoms with Gasteiger partial charge in [0.2, 0.25) is 94.5 Å². The summed E-state index contributed by atoms with van der Waals surface area (Å²) in [6, 6.07) is -5.93. The minimum Gasteiger partial charge on any atom is -0.508 e. The van der Waals surface area contributed by atoms with E-state index in [1.165, 1.54) is 56.8 Å². The van der Waals surface area contributed by atoms with Crippen molar-refractivity contribution < 1.29 is 107 Å². The number of aromatic nitrogens is 1. The van der Waals surface area contributed by atoms with Crippen LogP contribution in [0.15, 0.2) is 54.7 Å². The number of hydrogen-bond donors (Lipinski definition) is 22. The molecule has 1 aliphatic heterocycles. The Morgan fingerprint density at radius 1 is 0.551 bits per heavy atom. The third-order valence-electron chi connectivity index (χ3n) is 18.5. The molecule has 42 heteroatoms. The number of carboxylic acid groups (broad SMARTS) is 2. The lowest BCUT2D eigenvalue weighted by Gasteiger charge is -2.32. The molecule has 2 aromatic carbocycles. The summed E-state index contributed by atoms with van der Waals surface area (Å²) in [7, 11) is 0. The van der Waals surface area contributed by atoms with Crippen LogP contribution in [0.4, 0.5) is 0 Å². The van der Waals surface area contributed by atoms with Gasteiger partial charge in [-0.15, -0.1) is 0 Å². The van der Waals surface area contributed by atoms with Crippen molar-refractivity contribution in [3.8, 4) is 5.75 Å². The van der Waals surface area contributed by atoms with Crippen molar-refractivity contribution in [1.82, 2.24) is 73.7 Å². The van der Waals surface area contributed by atoms with Crippen LogP contribution >= 0.6 is 11.8 Å². The van der Waals surface area contributed by atoms with E-state index in [9.17, 15) is 91.7 Å². The molecule has 3 aromatic rings. The number of aromatic amines is 1. The van der Waals surface area contributed by atoms with E-state index in [2.05, 4.69) is 68.8 Å². The number of unbranched alkanes of at least 4 members (excludes halogenated alkanes) is 1. The number of primary amides is 3. The van der Waals surface area contributed by atoms with E-state index in [-0.39, 0.29) is 94.2 Å². The largest absolute Gasteiger partial charge is 0.508 e. The highest BCUT2D eigenvalue weighted by molar-refractivity contribution is 7.98. The van der Waals surface area contributed by atoms with Gasteiger partial charge in [0.1, 0.15) is 78.3 Å². The van der Waals surface area contributed by atoms with E-state index in [0.29, 0.717) is 34.9 Å². The van der Waals surface area contributed by atoms with Gasteiger partial charge < -0.3 is 123 Å². The molecule has 1 aromatic heterocycles. The van der Waals surface area contributed by atoms with Gasteiger partial charge in [-0.3, -0.25) is 86.3 Å². The van der Waals surface area contributed by atoms with Gasteiger partial charge in [-0.1, -0.05) is 58.0 Å². The second-order valence-electron chi connectivity index (χ2n) is 29.5. The van der Waals surface area contributed by atoms with Gasteiger partial charge in [0.25, 0.3) is 5.97 Å². The third-order valence-corrected chi connectivity index (χ3v) is 19.1. The first-order valence-electron chi connectivity index (χ1n) is 38.6. The van der Waals surface area contributed by atoms with Gasteiger partial charge in [0, 0.05) is 56.3 Å². The number of para-hydroxylation sites is 1. The zero-order valence-electron chi connectivity index (χ0n) is 67.7. The molecular formula is C76H117N19O22S. The van der Waals surface area contributed by atoms with E-state index in [1.54, 1.807) is 64.4 Å². The molecule has 0 spiro atoms. The first kappa shape index (κ1) is 101. The first-order chi connectivity index (χ1) is 55.5. The number of fused-ring (bicyclic) bond motifs is 1. The lowest BCUT2D eigenvalue weighted by atomic mass is 9.99. The molecule has 41 nitrogen and oxygen atoms in total. The summed E-state index contributed by atoms with van der Waals surface area (Å²) in [6.07, 6.45) is -0.0352. The third kappa shape index (κ3) is 35.9. The van der Waals surface area contributed by atoms with Crippen LogP contribution in [0.1, 0.15) is 150 Å². The highest BCUT2D eigenvalue weighted by Crippen LogP contribution is 2.23. The molecule has 118 heavy (non-hydrogen) atoms. The number of H-pyrrole nitrogens is 1. The quantitative estimate of drug-likeness (QED) is 0.0237. The molecule has 0 aliphatic carbocycles. The van der Waals surface area contributed by atoms with Gasteiger partial charge in [-0.25, -0.2) is 0 Å². The zero-order valence-corrected chi connectivity index (χ0v) is 68.6. The number of aliphatic hydroxyl groups is 1. The number of aliphatic hydroxyl groups excluding tert-OH is 1. The summed E-state index contributed by atoms with van der Waals surface area (Å²) >= 11 is 1.31. The van der Waals surface area contributed by atoms with Crippen molar-refractivity contribution in [3.63, 3.8) is 0 Å². The predicted molar refractivity (Wildman–Crippen MR) is 430 cm³/mol. The number of aliphatic carboxylic acids is 2. The number of likely N-dealkylation sites (tertiary alicyclic amines) is 1. The Bertz CT molecular complexity index is 3970. The summed E-state index contributed by atoms with van der Waals surface area (Å²) in [6.45, 7) is 11.3. The number of nitrogens with zero attached hydrogens (tertiary/aromatic N) is 1. The number of carbonyl (C=O) groups excluding carboxylic acids is 16. The summed E-state index contributed by atoms with van der Waals surface area (Å²) in [5.41, 5.74) is 29.4. The molecule has 0 saturated carbocycles. The Hall–Kier alpha value is -11.5. The number of nitrogens with two attached hydrogens (primary N) is 5. The van der Waals surface area contributed by atoms with Crippen LogP contribution in [0, 0.1) is 11.8 Å². The zero-order chi connectivity index (χ0) is 88.8. The maximum atomic E-state index is 14.7. The van der Waals surface area contributed by atoms with E-state index in [0.717, 1.165) is 11.8 Å². The fourth-order valence-electron chi connectivity index (χ4n) is 12.3. The van der Waals surface area contributed by atoms with Crippen molar-refractivity contribution in [2.45, 2.75) is 236 Å². The summed E-state index contributed by atoms with van der Waals surface area (Å²) < 4.78 is 0. The molecule has 27 N–H and O–H groups in total. The molecule has 14 unspecified atom stereocenters. The highest BCUT2D eigenvalue weighted by atomic mass is 32.2. The van der Waals surface area contributed by atoms with Gasteiger partial charge in [-0.05, 0) is 145 Å². The molecule has 4 rings (SSSR count). The number of amides is 16. The van der Waals surface area contributed by atoms with E-state index in [4.69, 9.17) is 43.7 Å². The number of carbonyl (C=O) groups is 18. The predicted octanol–water partition coefficient (Wildman–Crippen LogP) is -4.60. The SMILES string of the molecule is CC(=O)O.CSCCC(NC(=O)C(C)NC(=O)C(CCC(N)=O)NC(=O)C1CCCN1C(=O)C(NC(=O)C(Cc1c[nH]c2ccccc12)NC(=O)C(N)CC(N)=O)C(C)O)C(=O)NC(CC(C)C)C(=O)NC(Cc1ccc(O)cc1)C(=O)NC(CC(C)C)C(=O)NC(CCCCN)C(=O)NCC(=O)NC(C)C(=O)NC(CCC(=O)O)C(N)=O. The van der Waals surface area contributed by atoms with Crippen LogP contribution < -0.4 is 92.5 Å². The van der Waals surface area contributed by atoms with Gasteiger partial charge in [0.15, 0.2) is 0 Å². The van der Waals surface area contributed by atoms with Crippen molar-refractivity contribution in [2.24, 2.45) is 40.5 Å². The maximum absolute atomic E-state index is 14.7. The van der Waals surface area contributed by atoms with E-state index < -0.39 is 223 Å². The Morgan fingerprint density at radius 3 is 1.59 bits per heavy atom. The number of carboxylic acids is 2. The Morgan fingerprint density at radius 2 is 1.04 bits per heavy atom. The standard InChI is InChI=1S/C74H113N19O20S.C2H4O2/c1-37(2)30-52(69(108)86-49(16-11-12-27-75)66(105)81-36-59(98)82-39(5)63(102)84-48(62(79)101)23-25-60(99)100)90-71(110)54(32-42-18-20-44(95)21-19-42)91-70(109)53(31-38(3)4)89-68(107)51(26-29-114-8)85-64(103)40(6)83-67(106)50(22-24-57(77)96)87-73(112)56-17-13-28-93(56)74(113)61(41(7)94)92-72(111)55(88-65(104)46(76)34-58(78)97)33-43-35-80-47-15-10-9-14-45(43)47;1-2(3)4/h9-10,14-15,18-21,35,37-41,46,48-56,61,80,94-95H,11-13,16-17,22-34,36,75-76H2,1-8H3,(H2,77,96)(H2,78,97)(H2,79,101)(H,81,105)(H,82,98)(H,83,106)(H,84,102)(H,85,103)(H,86,108)(H,87,112)(H,88,104)(H,89,107)(H,90,110)(H,91,109)(H,92,111)(H,99,100);1H3,(H,3,4). The average molecular weight is 1680 g/mol. The number of phenols is 1. The fourth-order valence-corrected chi connectivity index (χ4v) is 12.8. The second kappa shape index (κ2) is 50.8. The smallest absolute Gasteiger partial charge is 0.303 e. The van der Waals surface area contributed by atoms with Crippen molar-refractivity contribution in [3.05, 3.63) is 65.9 Å². The Labute approximate surface area is 686 Å². The van der Waals surface area contributed by atoms with Gasteiger partial charge in [-0.2, -0.15) is 11.8 Å². The van der Waals surface area contributed by atoms with E-state index in [1.807, 2.05) is 0 Å². The van der Waals surface area contributed by atoms with E-state index >= 15 is 0 Å². The van der Waals surface area contributed by atoms with Crippen LogP contribution in [-0.2, 0) is 99.1 Å². The number of aromatic hydroxyl groups is 1. The van der Waals surface area contributed by atoms with Gasteiger partial charge >= 0.3 is 5.97 Å². The molecule has 14 atom stereocenters. The Balaban J connectivity index is 0.00000878. The molecular weight excluding hydrogens is 1560 g/mol. The normalized spacial score (nSPS) is 15.7. The number of thioether (sulfide) groups is 1. The minimum absolute atomic E-state index is 0.00305. The molecule has 0 radical (unpaired) electrons. The Kier molecular flexibility index (Phi) is 43.4. The fraction of sp³-hybridized carbons (Fsp3) is 0.579.